The molecule has 106 valence electrons. The highest BCUT2D eigenvalue weighted by molar-refractivity contribution is 7.51. The molecule has 4 atom stereocenters. The predicted octanol–water partition coefficient (Wildman–Crippen LogP) is 2.96. The van der Waals surface area contributed by atoms with E-state index in [0.29, 0.717) is 11.7 Å². The van der Waals surface area contributed by atoms with Crippen LogP contribution in [0.15, 0.2) is 30.3 Å². The molecule has 0 spiro atoms. The molecule has 2 N–H and O–H groups in total. The van der Waals surface area contributed by atoms with Gasteiger partial charge in [0.25, 0.3) is 0 Å². The highest BCUT2D eigenvalue weighted by atomic mass is 31.2. The lowest BCUT2D eigenvalue weighted by molar-refractivity contribution is 0.0191. The monoisotopic (exact) mass is 285 g/mol. The van der Waals surface area contributed by atoms with Crippen LogP contribution in [0.1, 0.15) is 20.3 Å². The summed E-state index contributed by atoms with van der Waals surface area (Å²) in [7, 11) is -3.59. The van der Waals surface area contributed by atoms with Gasteiger partial charge in [-0.15, -0.1) is 0 Å². The molecule has 0 aliphatic carbocycles. The minimum absolute atomic E-state index is 0.0683. The SMILES string of the molecule is C[C@@H]1OC(CO[P@](N)(=O)Oc2ccccc2)C[C@@H]1C. The first-order valence-corrected chi connectivity index (χ1v) is 8.01. The fraction of sp³-hybridized carbons (Fsp3) is 0.538. The second kappa shape index (κ2) is 6.06. The predicted molar refractivity (Wildman–Crippen MR) is 72.9 cm³/mol. The van der Waals surface area contributed by atoms with Crippen LogP contribution in [0.4, 0.5) is 0 Å². The summed E-state index contributed by atoms with van der Waals surface area (Å²) < 4.78 is 28.0. The second-order valence-corrected chi connectivity index (χ2v) is 6.44. The summed E-state index contributed by atoms with van der Waals surface area (Å²) in [5.41, 5.74) is 5.55. The van der Waals surface area contributed by atoms with E-state index in [1.807, 2.05) is 13.0 Å². The van der Waals surface area contributed by atoms with Crippen LogP contribution < -0.4 is 10.0 Å². The topological polar surface area (TPSA) is 70.8 Å². The Labute approximate surface area is 113 Å². The van der Waals surface area contributed by atoms with Crippen molar-refractivity contribution in [2.24, 2.45) is 11.4 Å². The molecule has 0 amide bonds. The maximum Gasteiger partial charge on any atom is 0.456 e. The van der Waals surface area contributed by atoms with Crippen LogP contribution in [0.5, 0.6) is 5.75 Å². The fourth-order valence-corrected chi connectivity index (χ4v) is 2.89. The third kappa shape index (κ3) is 4.32. The van der Waals surface area contributed by atoms with E-state index >= 15 is 0 Å². The van der Waals surface area contributed by atoms with Crippen LogP contribution in [0, 0.1) is 5.92 Å². The molecule has 1 fully saturated rings. The first kappa shape index (κ1) is 14.5. The van der Waals surface area contributed by atoms with Crippen molar-refractivity contribution in [1.29, 1.82) is 0 Å². The van der Waals surface area contributed by atoms with E-state index in [0.717, 1.165) is 6.42 Å². The highest BCUT2D eigenvalue weighted by Crippen LogP contribution is 2.41. The Kier molecular flexibility index (Phi) is 4.63. The summed E-state index contributed by atoms with van der Waals surface area (Å²) in [6.07, 6.45) is 1.01. The minimum atomic E-state index is -3.59. The van der Waals surface area contributed by atoms with Crippen LogP contribution in [0.3, 0.4) is 0 Å². The lowest BCUT2D eigenvalue weighted by Gasteiger charge is -2.17. The number of hydrogen-bond acceptors (Lipinski definition) is 4. The van der Waals surface area contributed by atoms with Crippen LogP contribution in [0.2, 0.25) is 0 Å². The summed E-state index contributed by atoms with van der Waals surface area (Å²) in [5, 5.41) is 0. The van der Waals surface area contributed by atoms with Gasteiger partial charge in [0, 0.05) is 0 Å². The molecule has 19 heavy (non-hydrogen) atoms. The Hall–Kier alpha value is -0.870. The lowest BCUT2D eigenvalue weighted by atomic mass is 10.0. The maximum atomic E-state index is 12.0. The zero-order chi connectivity index (χ0) is 13.9. The zero-order valence-electron chi connectivity index (χ0n) is 11.2. The van der Waals surface area contributed by atoms with Crippen LogP contribution in [-0.4, -0.2) is 18.8 Å². The van der Waals surface area contributed by atoms with Gasteiger partial charge in [-0.25, -0.2) is 10.1 Å². The molecule has 1 aliphatic heterocycles. The number of rotatable bonds is 5. The number of benzene rings is 1. The van der Waals surface area contributed by atoms with Crippen molar-refractivity contribution in [2.75, 3.05) is 6.61 Å². The molecular formula is C13H20NO4P. The van der Waals surface area contributed by atoms with E-state index in [-0.39, 0.29) is 18.8 Å². The van der Waals surface area contributed by atoms with Gasteiger partial charge < -0.3 is 9.26 Å². The minimum Gasteiger partial charge on any atom is -0.413 e. The van der Waals surface area contributed by atoms with Crippen LogP contribution in [-0.2, 0) is 13.8 Å². The Morgan fingerprint density at radius 3 is 2.63 bits per heavy atom. The molecule has 0 bridgehead atoms. The number of hydrogen-bond donors (Lipinski definition) is 1. The first-order valence-electron chi connectivity index (χ1n) is 6.39. The maximum absolute atomic E-state index is 12.0. The molecule has 1 unspecified atom stereocenters. The molecular weight excluding hydrogens is 265 g/mol. The van der Waals surface area contributed by atoms with Crippen LogP contribution in [0.25, 0.3) is 0 Å². The summed E-state index contributed by atoms with van der Waals surface area (Å²) >= 11 is 0. The van der Waals surface area contributed by atoms with E-state index < -0.39 is 7.75 Å². The van der Waals surface area contributed by atoms with Gasteiger partial charge in [0.1, 0.15) is 5.75 Å². The van der Waals surface area contributed by atoms with Gasteiger partial charge in [-0.3, -0.25) is 4.52 Å². The molecule has 1 aromatic rings. The van der Waals surface area contributed by atoms with Crippen molar-refractivity contribution >= 4 is 7.75 Å². The Morgan fingerprint density at radius 2 is 2.05 bits per heavy atom. The van der Waals surface area contributed by atoms with E-state index in [2.05, 4.69) is 6.92 Å². The summed E-state index contributed by atoms with van der Waals surface area (Å²) in [5.74, 6) is 0.906. The fourth-order valence-electron chi connectivity index (χ4n) is 2.05. The van der Waals surface area contributed by atoms with E-state index in [1.54, 1.807) is 24.3 Å². The molecule has 6 heteroatoms. The highest BCUT2D eigenvalue weighted by Gasteiger charge is 2.31. The van der Waals surface area contributed by atoms with Gasteiger partial charge in [0.15, 0.2) is 0 Å². The number of para-hydroxylation sites is 1. The molecule has 0 saturated carbocycles. The summed E-state index contributed by atoms with van der Waals surface area (Å²) in [6.45, 7) is 4.33. The second-order valence-electron chi connectivity index (χ2n) is 4.92. The van der Waals surface area contributed by atoms with Gasteiger partial charge in [0.2, 0.25) is 0 Å². The average molecular weight is 285 g/mol. The lowest BCUT2D eigenvalue weighted by Crippen LogP contribution is -2.18. The number of nitrogens with two attached hydrogens (primary N) is 1. The third-order valence-corrected chi connectivity index (χ3v) is 4.23. The summed E-state index contributed by atoms with van der Waals surface area (Å²) in [6, 6.07) is 8.75. The zero-order valence-corrected chi connectivity index (χ0v) is 12.1. The van der Waals surface area contributed by atoms with Gasteiger partial charge >= 0.3 is 7.75 Å². The molecule has 2 rings (SSSR count). The largest absolute Gasteiger partial charge is 0.456 e. The van der Waals surface area contributed by atoms with Crippen molar-refractivity contribution in [3.05, 3.63) is 30.3 Å². The molecule has 1 heterocycles. The smallest absolute Gasteiger partial charge is 0.413 e. The Balaban J connectivity index is 1.83. The molecule has 0 radical (unpaired) electrons. The standard InChI is InChI=1S/C13H20NO4P/c1-10-8-13(17-11(10)2)9-16-19(14,15)18-12-6-4-3-5-7-12/h3-7,10-11,13H,8-9H2,1-2H3,(H2,14,15)/t10-,11-,13?,19-/m0/s1. The van der Waals surface area contributed by atoms with Crippen molar-refractivity contribution in [3.8, 4) is 5.75 Å². The average Bonchev–Trinajstić information content (AvgIpc) is 2.67. The van der Waals surface area contributed by atoms with Crippen molar-refractivity contribution < 1.29 is 18.3 Å². The molecule has 5 nitrogen and oxygen atoms in total. The third-order valence-electron chi connectivity index (χ3n) is 3.26. The first-order chi connectivity index (χ1) is 8.96. The Bertz CT molecular complexity index is 443. The molecule has 1 saturated heterocycles. The molecule has 1 aliphatic rings. The summed E-state index contributed by atoms with van der Waals surface area (Å²) in [4.78, 5) is 0. The van der Waals surface area contributed by atoms with E-state index in [1.165, 1.54) is 0 Å². The van der Waals surface area contributed by atoms with Gasteiger partial charge in [-0.2, -0.15) is 0 Å². The van der Waals surface area contributed by atoms with Crippen molar-refractivity contribution in [1.82, 2.24) is 0 Å². The molecule has 1 aromatic carbocycles. The number of ether oxygens (including phenoxy) is 1. The van der Waals surface area contributed by atoms with Crippen molar-refractivity contribution in [3.63, 3.8) is 0 Å². The van der Waals surface area contributed by atoms with Gasteiger partial charge in [-0.1, -0.05) is 25.1 Å². The molecule has 0 aromatic heterocycles. The van der Waals surface area contributed by atoms with Gasteiger partial charge in [0.05, 0.1) is 18.8 Å². The normalized spacial score (nSPS) is 29.9. The Morgan fingerprint density at radius 1 is 1.37 bits per heavy atom. The van der Waals surface area contributed by atoms with Crippen molar-refractivity contribution in [2.45, 2.75) is 32.5 Å². The van der Waals surface area contributed by atoms with Crippen LogP contribution >= 0.6 is 7.75 Å². The van der Waals surface area contributed by atoms with E-state index in [9.17, 15) is 4.57 Å². The quantitative estimate of drug-likeness (QED) is 0.842. The van der Waals surface area contributed by atoms with Gasteiger partial charge in [-0.05, 0) is 31.4 Å². The van der Waals surface area contributed by atoms with E-state index in [4.69, 9.17) is 19.3 Å².